The third-order valence-electron chi connectivity index (χ3n) is 2.52. The highest BCUT2D eigenvalue weighted by Gasteiger charge is 2.15. The second-order valence-electron chi connectivity index (χ2n) is 3.67. The fourth-order valence-electron chi connectivity index (χ4n) is 1.83. The van der Waals surface area contributed by atoms with Gasteiger partial charge < -0.3 is 14.8 Å². The molecule has 0 spiro atoms. The van der Waals surface area contributed by atoms with E-state index in [1.54, 1.807) is 13.0 Å². The molecular weight excluding hydrogens is 333 g/mol. The number of hydrogen-bond acceptors (Lipinski definition) is 2. The van der Waals surface area contributed by atoms with Gasteiger partial charge in [-0.2, -0.15) is 0 Å². The van der Waals surface area contributed by atoms with E-state index in [0.29, 0.717) is 29.0 Å². The van der Waals surface area contributed by atoms with Crippen LogP contribution in [0.1, 0.15) is 16.1 Å². The molecule has 2 aromatic rings. The third-order valence-corrected chi connectivity index (χ3v) is 2.96. The van der Waals surface area contributed by atoms with Crippen LogP contribution in [-0.4, -0.2) is 27.1 Å². The first-order valence-electron chi connectivity index (χ1n) is 5.18. The average molecular weight is 345 g/mol. The lowest BCUT2D eigenvalue weighted by atomic mass is 10.1. The first-order valence-corrected chi connectivity index (χ1v) is 6.70. The Morgan fingerprint density at radius 3 is 2.94 bits per heavy atom. The Balaban J connectivity index is 2.50. The number of carboxylic acids is 1. The molecule has 17 heavy (non-hydrogen) atoms. The summed E-state index contributed by atoms with van der Waals surface area (Å²) in [6.07, 6.45) is 0. The molecule has 1 heterocycles. The van der Waals surface area contributed by atoms with Gasteiger partial charge in [0.2, 0.25) is 0 Å². The summed E-state index contributed by atoms with van der Waals surface area (Å²) in [5.41, 5.74) is 1.81. The Hall–Kier alpha value is -1.24. The van der Waals surface area contributed by atoms with Gasteiger partial charge in [0.1, 0.15) is 5.75 Å². The number of aromatic nitrogens is 1. The number of nitrogens with one attached hydrogen (secondary N) is 1. The molecule has 90 valence electrons. The van der Waals surface area contributed by atoms with E-state index < -0.39 is 5.97 Å². The molecule has 0 saturated heterocycles. The van der Waals surface area contributed by atoms with Crippen molar-refractivity contribution in [1.82, 2.24) is 4.98 Å². The highest BCUT2D eigenvalue weighted by atomic mass is 127. The highest BCUT2D eigenvalue weighted by Crippen LogP contribution is 2.26. The summed E-state index contributed by atoms with van der Waals surface area (Å²) in [6.45, 7) is 2.38. The summed E-state index contributed by atoms with van der Waals surface area (Å²) in [6, 6.07) is 5.46. The van der Waals surface area contributed by atoms with E-state index in [2.05, 4.69) is 27.6 Å². The standard InChI is InChI=1S/C12H12INO3/c1-7-11(12(15)16)9-6-8(17-5-4-13)2-3-10(9)14-7/h2-3,6,14H,4-5H2,1H3,(H,15,16). The summed E-state index contributed by atoms with van der Waals surface area (Å²) < 4.78 is 6.39. The molecule has 0 unspecified atom stereocenters. The number of halogens is 1. The molecule has 1 aromatic carbocycles. The van der Waals surface area contributed by atoms with E-state index in [0.717, 1.165) is 9.94 Å². The molecule has 0 amide bonds. The van der Waals surface area contributed by atoms with E-state index in [4.69, 9.17) is 9.84 Å². The first-order chi connectivity index (χ1) is 8.13. The second-order valence-corrected chi connectivity index (χ2v) is 4.75. The van der Waals surface area contributed by atoms with E-state index >= 15 is 0 Å². The van der Waals surface area contributed by atoms with Crippen molar-refractivity contribution >= 4 is 39.5 Å². The van der Waals surface area contributed by atoms with Crippen LogP contribution in [0.2, 0.25) is 0 Å². The number of fused-ring (bicyclic) bond motifs is 1. The van der Waals surface area contributed by atoms with Gasteiger partial charge in [-0.05, 0) is 25.1 Å². The molecule has 0 saturated carbocycles. The second kappa shape index (κ2) is 4.95. The zero-order valence-corrected chi connectivity index (χ0v) is 11.4. The lowest BCUT2D eigenvalue weighted by Crippen LogP contribution is -1.99. The predicted octanol–water partition coefficient (Wildman–Crippen LogP) is 2.99. The topological polar surface area (TPSA) is 62.3 Å². The molecule has 2 rings (SSSR count). The summed E-state index contributed by atoms with van der Waals surface area (Å²) in [7, 11) is 0. The molecule has 0 aliphatic rings. The minimum Gasteiger partial charge on any atom is -0.493 e. The van der Waals surface area contributed by atoms with Crippen LogP contribution in [0.3, 0.4) is 0 Å². The quantitative estimate of drug-likeness (QED) is 0.662. The van der Waals surface area contributed by atoms with Crippen LogP contribution in [0.4, 0.5) is 0 Å². The Bertz CT molecular complexity index is 562. The van der Waals surface area contributed by atoms with Crippen molar-refractivity contribution in [1.29, 1.82) is 0 Å². The number of benzene rings is 1. The molecule has 0 aliphatic carbocycles. The number of carboxylic acid groups (broad SMARTS) is 1. The maximum atomic E-state index is 11.2. The fourth-order valence-corrected chi connectivity index (χ4v) is 2.05. The van der Waals surface area contributed by atoms with Crippen molar-refractivity contribution in [3.8, 4) is 5.75 Å². The van der Waals surface area contributed by atoms with Gasteiger partial charge in [0.15, 0.2) is 0 Å². The number of carbonyl (C=O) groups is 1. The molecule has 2 N–H and O–H groups in total. The number of aromatic amines is 1. The van der Waals surface area contributed by atoms with Gasteiger partial charge >= 0.3 is 5.97 Å². The SMILES string of the molecule is Cc1[nH]c2ccc(OCCI)cc2c1C(=O)O. The molecule has 5 heteroatoms. The van der Waals surface area contributed by atoms with Gasteiger partial charge in [0.25, 0.3) is 0 Å². The maximum Gasteiger partial charge on any atom is 0.338 e. The van der Waals surface area contributed by atoms with Crippen molar-refractivity contribution in [2.75, 3.05) is 11.0 Å². The van der Waals surface area contributed by atoms with Gasteiger partial charge in [-0.25, -0.2) is 4.79 Å². The van der Waals surface area contributed by atoms with Crippen LogP contribution in [0.25, 0.3) is 10.9 Å². The van der Waals surface area contributed by atoms with Gasteiger partial charge in [-0.15, -0.1) is 0 Å². The molecule has 0 radical (unpaired) electrons. The van der Waals surface area contributed by atoms with Crippen LogP contribution < -0.4 is 4.74 Å². The van der Waals surface area contributed by atoms with Gasteiger partial charge in [-0.1, -0.05) is 22.6 Å². The van der Waals surface area contributed by atoms with Crippen LogP contribution in [0.15, 0.2) is 18.2 Å². The van der Waals surface area contributed by atoms with Crippen LogP contribution >= 0.6 is 22.6 Å². The van der Waals surface area contributed by atoms with Gasteiger partial charge in [-0.3, -0.25) is 0 Å². The van der Waals surface area contributed by atoms with Crippen molar-refractivity contribution in [3.05, 3.63) is 29.5 Å². The lowest BCUT2D eigenvalue weighted by molar-refractivity contribution is 0.0698. The summed E-state index contributed by atoms with van der Waals surface area (Å²) in [5.74, 6) is -0.213. The molecule has 0 bridgehead atoms. The van der Waals surface area contributed by atoms with Crippen LogP contribution in [0.5, 0.6) is 5.75 Å². The number of hydrogen-bond donors (Lipinski definition) is 2. The Kier molecular flexibility index (Phi) is 3.56. The van der Waals surface area contributed by atoms with Gasteiger partial charge in [0.05, 0.1) is 12.2 Å². The largest absolute Gasteiger partial charge is 0.493 e. The molecule has 0 atom stereocenters. The number of H-pyrrole nitrogens is 1. The number of alkyl halides is 1. The molecule has 1 aromatic heterocycles. The first kappa shape index (κ1) is 12.2. The molecular formula is C12H12INO3. The molecule has 4 nitrogen and oxygen atoms in total. The number of ether oxygens (including phenoxy) is 1. The van der Waals surface area contributed by atoms with E-state index in [9.17, 15) is 4.79 Å². The number of rotatable bonds is 4. The molecule has 0 aliphatic heterocycles. The van der Waals surface area contributed by atoms with Crippen molar-refractivity contribution in [2.45, 2.75) is 6.92 Å². The fraction of sp³-hybridized carbons (Fsp3) is 0.250. The van der Waals surface area contributed by atoms with E-state index in [1.807, 2.05) is 12.1 Å². The zero-order chi connectivity index (χ0) is 12.4. The minimum absolute atomic E-state index is 0.319. The monoisotopic (exact) mass is 345 g/mol. The van der Waals surface area contributed by atoms with Crippen molar-refractivity contribution in [2.24, 2.45) is 0 Å². The maximum absolute atomic E-state index is 11.2. The van der Waals surface area contributed by atoms with Crippen LogP contribution in [-0.2, 0) is 0 Å². The Labute approximate surface area is 112 Å². The van der Waals surface area contributed by atoms with Gasteiger partial charge in [0, 0.05) is 21.0 Å². The summed E-state index contributed by atoms with van der Waals surface area (Å²) in [4.78, 5) is 14.2. The highest BCUT2D eigenvalue weighted by molar-refractivity contribution is 14.1. The predicted molar refractivity (Wildman–Crippen MR) is 74.4 cm³/mol. The Morgan fingerprint density at radius 1 is 1.53 bits per heavy atom. The smallest absolute Gasteiger partial charge is 0.338 e. The van der Waals surface area contributed by atoms with Crippen LogP contribution in [0, 0.1) is 6.92 Å². The summed E-state index contributed by atoms with van der Waals surface area (Å²) in [5, 5.41) is 9.85. The van der Waals surface area contributed by atoms with E-state index in [-0.39, 0.29) is 0 Å². The normalized spacial score (nSPS) is 10.7. The minimum atomic E-state index is -0.917. The van der Waals surface area contributed by atoms with Crippen molar-refractivity contribution in [3.63, 3.8) is 0 Å². The lowest BCUT2D eigenvalue weighted by Gasteiger charge is -2.03. The third kappa shape index (κ3) is 2.38. The van der Waals surface area contributed by atoms with Crippen molar-refractivity contribution < 1.29 is 14.6 Å². The average Bonchev–Trinajstić information content (AvgIpc) is 2.61. The summed E-state index contributed by atoms with van der Waals surface area (Å²) >= 11 is 2.23. The number of aromatic carboxylic acids is 1. The zero-order valence-electron chi connectivity index (χ0n) is 9.29. The Morgan fingerprint density at radius 2 is 2.29 bits per heavy atom. The number of aryl methyl sites for hydroxylation is 1. The van der Waals surface area contributed by atoms with E-state index in [1.165, 1.54) is 0 Å². The molecule has 0 fully saturated rings.